The van der Waals surface area contributed by atoms with Crippen LogP contribution in [0.4, 0.5) is 0 Å². The van der Waals surface area contributed by atoms with Crippen molar-refractivity contribution in [1.29, 1.82) is 0 Å². The van der Waals surface area contributed by atoms with Gasteiger partial charge < -0.3 is 0 Å². The predicted molar refractivity (Wildman–Crippen MR) is 34.4 cm³/mol. The van der Waals surface area contributed by atoms with E-state index in [1.54, 1.807) is 0 Å². The van der Waals surface area contributed by atoms with Gasteiger partial charge in [0.05, 0.1) is 0 Å². The molecule has 2 atom stereocenters. The summed E-state index contributed by atoms with van der Waals surface area (Å²) in [5.74, 6) is 2.24. The molecule has 0 spiro atoms. The second kappa shape index (κ2) is 1.75. The van der Waals surface area contributed by atoms with E-state index in [-0.39, 0.29) is 0 Å². The second-order valence-electron chi connectivity index (χ2n) is 3.21. The third kappa shape index (κ3) is 0.586. The topological polar surface area (TPSA) is 0 Å². The van der Waals surface area contributed by atoms with E-state index in [4.69, 9.17) is 0 Å². The molecule has 2 unspecified atom stereocenters. The van der Waals surface area contributed by atoms with E-state index >= 15 is 0 Å². The Bertz CT molecular complexity index is 66.0. The summed E-state index contributed by atoms with van der Waals surface area (Å²) in [5, 5.41) is 0. The molecular formula is C8H13. The standard InChI is InChI=1S/C8H13/c1-3-7-5-2-6-8(7)4-1/h1,7-8H,2-6H2. The van der Waals surface area contributed by atoms with Crippen LogP contribution < -0.4 is 0 Å². The highest BCUT2D eigenvalue weighted by Crippen LogP contribution is 2.42. The van der Waals surface area contributed by atoms with Crippen molar-refractivity contribution in [1.82, 2.24) is 0 Å². The summed E-state index contributed by atoms with van der Waals surface area (Å²) in [4.78, 5) is 0. The van der Waals surface area contributed by atoms with E-state index in [1.165, 1.54) is 32.1 Å². The second-order valence-corrected chi connectivity index (χ2v) is 3.21. The first-order valence-corrected chi connectivity index (χ1v) is 3.78. The molecule has 2 rings (SSSR count). The van der Waals surface area contributed by atoms with Crippen LogP contribution in [0.25, 0.3) is 0 Å². The zero-order valence-electron chi connectivity index (χ0n) is 5.27. The summed E-state index contributed by atoms with van der Waals surface area (Å²) < 4.78 is 0. The molecule has 0 aromatic heterocycles. The maximum absolute atomic E-state index is 2.48. The Hall–Kier alpha value is 0. The zero-order valence-corrected chi connectivity index (χ0v) is 5.27. The van der Waals surface area contributed by atoms with Crippen molar-refractivity contribution in [3.8, 4) is 0 Å². The minimum absolute atomic E-state index is 1.12. The van der Waals surface area contributed by atoms with Crippen molar-refractivity contribution >= 4 is 0 Å². The Kier molecular flexibility index (Phi) is 1.06. The fourth-order valence-corrected chi connectivity index (χ4v) is 2.26. The first-order chi connectivity index (χ1) is 3.97. The average Bonchev–Trinajstić information content (AvgIpc) is 2.15. The first-order valence-electron chi connectivity index (χ1n) is 3.78. The molecule has 2 aliphatic rings. The van der Waals surface area contributed by atoms with Gasteiger partial charge in [0.2, 0.25) is 0 Å². The van der Waals surface area contributed by atoms with E-state index < -0.39 is 0 Å². The highest BCUT2D eigenvalue weighted by Gasteiger charge is 2.30. The highest BCUT2D eigenvalue weighted by molar-refractivity contribution is 4.91. The normalized spacial score (nSPS) is 45.0. The molecule has 0 aromatic carbocycles. The van der Waals surface area contributed by atoms with Gasteiger partial charge in [-0.1, -0.05) is 19.3 Å². The van der Waals surface area contributed by atoms with E-state index in [0.29, 0.717) is 0 Å². The monoisotopic (exact) mass is 109 g/mol. The van der Waals surface area contributed by atoms with Gasteiger partial charge in [-0.15, -0.1) is 0 Å². The van der Waals surface area contributed by atoms with Crippen molar-refractivity contribution in [2.24, 2.45) is 11.8 Å². The van der Waals surface area contributed by atoms with Gasteiger partial charge in [0.1, 0.15) is 0 Å². The van der Waals surface area contributed by atoms with E-state index in [2.05, 4.69) is 6.42 Å². The highest BCUT2D eigenvalue weighted by atomic mass is 14.4. The molecule has 2 aliphatic carbocycles. The van der Waals surface area contributed by atoms with Gasteiger partial charge in [-0.05, 0) is 31.1 Å². The lowest BCUT2D eigenvalue weighted by molar-refractivity contribution is 0.457. The zero-order chi connectivity index (χ0) is 5.40. The van der Waals surface area contributed by atoms with Crippen molar-refractivity contribution in [2.45, 2.75) is 32.1 Å². The third-order valence-corrected chi connectivity index (χ3v) is 2.76. The third-order valence-electron chi connectivity index (χ3n) is 2.76. The number of fused-ring (bicyclic) bond motifs is 1. The van der Waals surface area contributed by atoms with Crippen LogP contribution in [-0.2, 0) is 0 Å². The van der Waals surface area contributed by atoms with Crippen LogP contribution in [0.15, 0.2) is 0 Å². The van der Waals surface area contributed by atoms with Gasteiger partial charge in [-0.2, -0.15) is 0 Å². The molecule has 1 radical (unpaired) electrons. The molecule has 45 valence electrons. The van der Waals surface area contributed by atoms with Crippen LogP contribution in [0.2, 0.25) is 0 Å². The van der Waals surface area contributed by atoms with Crippen molar-refractivity contribution < 1.29 is 0 Å². The lowest BCUT2D eigenvalue weighted by Gasteiger charge is -2.04. The Morgan fingerprint density at radius 1 is 1.00 bits per heavy atom. The van der Waals surface area contributed by atoms with Gasteiger partial charge in [0.15, 0.2) is 0 Å². The molecular weight excluding hydrogens is 96.1 g/mol. The molecule has 0 bridgehead atoms. The van der Waals surface area contributed by atoms with Gasteiger partial charge in [-0.25, -0.2) is 0 Å². The molecule has 0 aromatic rings. The Morgan fingerprint density at radius 3 is 2.25 bits per heavy atom. The van der Waals surface area contributed by atoms with Crippen LogP contribution in [0.5, 0.6) is 0 Å². The smallest absolute Gasteiger partial charge is 0.0380 e. The van der Waals surface area contributed by atoms with Crippen LogP contribution in [-0.4, -0.2) is 0 Å². The number of hydrogen-bond acceptors (Lipinski definition) is 0. The predicted octanol–water partition coefficient (Wildman–Crippen LogP) is 2.40. The molecule has 0 N–H and O–H groups in total. The first kappa shape index (κ1) is 4.84. The average molecular weight is 109 g/mol. The van der Waals surface area contributed by atoms with Crippen molar-refractivity contribution in [3.05, 3.63) is 6.42 Å². The molecule has 0 heterocycles. The number of rotatable bonds is 0. The molecule has 8 heavy (non-hydrogen) atoms. The molecule has 0 saturated heterocycles. The van der Waals surface area contributed by atoms with E-state index in [1.807, 2.05) is 0 Å². The quantitative estimate of drug-likeness (QED) is 0.448. The largest absolute Gasteiger partial charge is 0.0528 e. The van der Waals surface area contributed by atoms with Crippen molar-refractivity contribution in [2.75, 3.05) is 0 Å². The molecule has 0 amide bonds. The lowest BCUT2D eigenvalue weighted by atomic mass is 10.0. The Morgan fingerprint density at radius 2 is 1.62 bits per heavy atom. The van der Waals surface area contributed by atoms with Crippen LogP contribution in [0.3, 0.4) is 0 Å². The van der Waals surface area contributed by atoms with E-state index in [9.17, 15) is 0 Å². The maximum Gasteiger partial charge on any atom is -0.0380 e. The fraction of sp³-hybridized carbons (Fsp3) is 0.875. The Balaban J connectivity index is 2.04. The van der Waals surface area contributed by atoms with Gasteiger partial charge in [-0.3, -0.25) is 0 Å². The summed E-state index contributed by atoms with van der Waals surface area (Å²) in [5.41, 5.74) is 0. The molecule has 2 saturated carbocycles. The van der Waals surface area contributed by atoms with Crippen molar-refractivity contribution in [3.63, 3.8) is 0 Å². The minimum Gasteiger partial charge on any atom is -0.0528 e. The van der Waals surface area contributed by atoms with Gasteiger partial charge in [0.25, 0.3) is 0 Å². The Labute approximate surface area is 51.3 Å². The van der Waals surface area contributed by atoms with Crippen LogP contribution >= 0.6 is 0 Å². The summed E-state index contributed by atoms with van der Waals surface area (Å²) in [6.45, 7) is 0. The summed E-state index contributed by atoms with van der Waals surface area (Å²) in [6, 6.07) is 0. The fourth-order valence-electron chi connectivity index (χ4n) is 2.26. The van der Waals surface area contributed by atoms with Crippen LogP contribution in [0, 0.1) is 18.3 Å². The summed E-state index contributed by atoms with van der Waals surface area (Å²) in [7, 11) is 0. The van der Waals surface area contributed by atoms with Gasteiger partial charge in [0, 0.05) is 0 Å². The molecule has 0 aliphatic heterocycles. The molecule has 0 nitrogen and oxygen atoms in total. The maximum atomic E-state index is 2.48. The minimum atomic E-state index is 1.12. The molecule has 2 fully saturated rings. The SMILES string of the molecule is [CH]1CC2CCCC2C1. The van der Waals surface area contributed by atoms with Crippen LogP contribution in [0.1, 0.15) is 32.1 Å². The number of hydrogen-bond donors (Lipinski definition) is 0. The van der Waals surface area contributed by atoms with Gasteiger partial charge >= 0.3 is 0 Å². The summed E-state index contributed by atoms with van der Waals surface area (Å²) >= 11 is 0. The molecule has 0 heteroatoms. The summed E-state index contributed by atoms with van der Waals surface area (Å²) in [6.07, 6.45) is 9.93. The lowest BCUT2D eigenvalue weighted by Crippen LogP contribution is -1.95. The van der Waals surface area contributed by atoms with E-state index in [0.717, 1.165) is 11.8 Å².